The quantitative estimate of drug-likeness (QED) is 0.653. The topological polar surface area (TPSA) is 60.2 Å². The molecule has 66 valence electrons. The van der Waals surface area contributed by atoms with Crippen molar-refractivity contribution < 1.29 is 8.42 Å². The number of rotatable bonds is 2. The van der Waals surface area contributed by atoms with Crippen molar-refractivity contribution in [2.24, 2.45) is 11.7 Å². The molecule has 1 rings (SSSR count). The highest BCUT2D eigenvalue weighted by Gasteiger charge is 2.30. The maximum absolute atomic E-state index is 11.1. The van der Waals surface area contributed by atoms with Crippen LogP contribution in [-0.4, -0.2) is 26.5 Å². The Morgan fingerprint density at radius 3 is 2.36 bits per heavy atom. The first kappa shape index (κ1) is 9.00. The minimum atomic E-state index is -2.80. The predicted octanol–water partition coefficient (Wildman–Crippen LogP) is 0.158. The lowest BCUT2D eigenvalue weighted by atomic mass is 10.1. The van der Waals surface area contributed by atoms with Gasteiger partial charge in [0.2, 0.25) is 0 Å². The fourth-order valence-corrected chi connectivity index (χ4v) is 2.82. The van der Waals surface area contributed by atoms with Crippen LogP contribution < -0.4 is 5.73 Å². The zero-order valence-electron chi connectivity index (χ0n) is 6.79. The van der Waals surface area contributed by atoms with E-state index in [2.05, 4.69) is 0 Å². The summed E-state index contributed by atoms with van der Waals surface area (Å²) in [6, 6.07) is 0. The SMILES string of the molecule is CS(=O)(=O)C1CCC(CN)C1. The first-order chi connectivity index (χ1) is 5.04. The van der Waals surface area contributed by atoms with E-state index in [1.165, 1.54) is 6.26 Å². The zero-order chi connectivity index (χ0) is 8.48. The van der Waals surface area contributed by atoms with Crippen LogP contribution >= 0.6 is 0 Å². The smallest absolute Gasteiger partial charge is 0.150 e. The molecule has 11 heavy (non-hydrogen) atoms. The van der Waals surface area contributed by atoms with Crippen molar-refractivity contribution >= 4 is 9.84 Å². The summed E-state index contributed by atoms with van der Waals surface area (Å²) in [7, 11) is -2.80. The highest BCUT2D eigenvalue weighted by Crippen LogP contribution is 2.28. The second-order valence-electron chi connectivity index (χ2n) is 3.37. The van der Waals surface area contributed by atoms with Gasteiger partial charge in [-0.1, -0.05) is 0 Å². The average molecular weight is 177 g/mol. The monoisotopic (exact) mass is 177 g/mol. The van der Waals surface area contributed by atoms with Gasteiger partial charge in [-0.2, -0.15) is 0 Å². The zero-order valence-corrected chi connectivity index (χ0v) is 7.60. The van der Waals surface area contributed by atoms with Gasteiger partial charge < -0.3 is 5.73 Å². The van der Waals surface area contributed by atoms with E-state index < -0.39 is 9.84 Å². The molecule has 0 bridgehead atoms. The summed E-state index contributed by atoms with van der Waals surface area (Å²) in [5.74, 6) is 0.440. The van der Waals surface area contributed by atoms with Crippen molar-refractivity contribution in [3.05, 3.63) is 0 Å². The summed E-state index contributed by atoms with van der Waals surface area (Å²) in [6.07, 6.45) is 3.88. The maximum atomic E-state index is 11.1. The Labute approximate surface area is 67.9 Å². The number of sulfone groups is 1. The molecule has 4 heteroatoms. The van der Waals surface area contributed by atoms with Gasteiger partial charge in [0.05, 0.1) is 5.25 Å². The van der Waals surface area contributed by atoms with Crippen LogP contribution in [0.4, 0.5) is 0 Å². The van der Waals surface area contributed by atoms with E-state index in [9.17, 15) is 8.42 Å². The van der Waals surface area contributed by atoms with Gasteiger partial charge in [0, 0.05) is 6.26 Å². The van der Waals surface area contributed by atoms with Gasteiger partial charge in [-0.05, 0) is 31.7 Å². The van der Waals surface area contributed by atoms with Crippen LogP contribution in [0.25, 0.3) is 0 Å². The summed E-state index contributed by atoms with van der Waals surface area (Å²) < 4.78 is 22.1. The molecular weight excluding hydrogens is 162 g/mol. The van der Waals surface area contributed by atoms with Crippen molar-refractivity contribution in [1.82, 2.24) is 0 Å². The first-order valence-electron chi connectivity index (χ1n) is 3.93. The molecule has 0 aromatic rings. The molecule has 2 N–H and O–H groups in total. The van der Waals surface area contributed by atoms with E-state index in [1.807, 2.05) is 0 Å². The fourth-order valence-electron chi connectivity index (χ4n) is 1.63. The molecule has 0 aliphatic heterocycles. The Morgan fingerprint density at radius 1 is 1.45 bits per heavy atom. The van der Waals surface area contributed by atoms with Crippen LogP contribution in [0.3, 0.4) is 0 Å². The van der Waals surface area contributed by atoms with Gasteiger partial charge in [-0.3, -0.25) is 0 Å². The molecule has 0 spiro atoms. The van der Waals surface area contributed by atoms with Crippen LogP contribution in [-0.2, 0) is 9.84 Å². The Kier molecular flexibility index (Phi) is 2.54. The number of hydrogen-bond donors (Lipinski definition) is 1. The molecule has 0 radical (unpaired) electrons. The largest absolute Gasteiger partial charge is 0.330 e. The summed E-state index contributed by atoms with van der Waals surface area (Å²) in [5, 5.41) is -0.115. The number of hydrogen-bond acceptors (Lipinski definition) is 3. The molecule has 3 nitrogen and oxygen atoms in total. The average Bonchev–Trinajstić information content (AvgIpc) is 2.32. The molecule has 0 heterocycles. The summed E-state index contributed by atoms with van der Waals surface area (Å²) in [5.41, 5.74) is 5.44. The molecule has 0 aromatic heterocycles. The van der Waals surface area contributed by atoms with E-state index in [1.54, 1.807) is 0 Å². The van der Waals surface area contributed by atoms with E-state index in [0.717, 1.165) is 19.3 Å². The van der Waals surface area contributed by atoms with E-state index in [0.29, 0.717) is 12.5 Å². The first-order valence-corrected chi connectivity index (χ1v) is 5.88. The lowest BCUT2D eigenvalue weighted by molar-refractivity contribution is 0.553. The van der Waals surface area contributed by atoms with Crippen LogP contribution in [0.2, 0.25) is 0 Å². The van der Waals surface area contributed by atoms with Crippen LogP contribution in [0.5, 0.6) is 0 Å². The molecular formula is C7H15NO2S. The van der Waals surface area contributed by atoms with Crippen LogP contribution in [0.1, 0.15) is 19.3 Å². The van der Waals surface area contributed by atoms with Gasteiger partial charge in [-0.15, -0.1) is 0 Å². The third-order valence-corrected chi connectivity index (χ3v) is 4.07. The van der Waals surface area contributed by atoms with Crippen molar-refractivity contribution in [3.63, 3.8) is 0 Å². The molecule has 1 aliphatic rings. The maximum Gasteiger partial charge on any atom is 0.150 e. The van der Waals surface area contributed by atoms with Gasteiger partial charge in [0.25, 0.3) is 0 Å². The van der Waals surface area contributed by atoms with Gasteiger partial charge in [-0.25, -0.2) is 8.42 Å². The molecule has 0 amide bonds. The molecule has 2 unspecified atom stereocenters. The second-order valence-corrected chi connectivity index (χ2v) is 5.69. The summed E-state index contributed by atoms with van der Waals surface area (Å²) >= 11 is 0. The van der Waals surface area contributed by atoms with Crippen molar-refractivity contribution in [2.45, 2.75) is 24.5 Å². The molecule has 1 aliphatic carbocycles. The van der Waals surface area contributed by atoms with Gasteiger partial charge in [0.1, 0.15) is 9.84 Å². The molecule has 0 aromatic carbocycles. The lowest BCUT2D eigenvalue weighted by Gasteiger charge is -2.06. The minimum absolute atomic E-state index is 0.115. The van der Waals surface area contributed by atoms with E-state index >= 15 is 0 Å². The minimum Gasteiger partial charge on any atom is -0.330 e. The molecule has 1 saturated carbocycles. The Balaban J connectivity index is 2.55. The van der Waals surface area contributed by atoms with Crippen molar-refractivity contribution in [2.75, 3.05) is 12.8 Å². The normalized spacial score (nSPS) is 32.5. The Morgan fingerprint density at radius 2 is 2.09 bits per heavy atom. The third kappa shape index (κ3) is 2.17. The Hall–Kier alpha value is -0.0900. The second kappa shape index (κ2) is 3.11. The van der Waals surface area contributed by atoms with Crippen LogP contribution in [0.15, 0.2) is 0 Å². The van der Waals surface area contributed by atoms with Crippen molar-refractivity contribution in [3.8, 4) is 0 Å². The molecule has 2 atom stereocenters. The Bertz CT molecular complexity index is 223. The van der Waals surface area contributed by atoms with E-state index in [4.69, 9.17) is 5.73 Å². The summed E-state index contributed by atoms with van der Waals surface area (Å²) in [6.45, 7) is 0.631. The van der Waals surface area contributed by atoms with Crippen molar-refractivity contribution in [1.29, 1.82) is 0 Å². The predicted molar refractivity (Wildman–Crippen MR) is 45.0 cm³/mol. The number of nitrogens with two attached hydrogens (primary N) is 1. The third-order valence-electron chi connectivity index (χ3n) is 2.43. The van der Waals surface area contributed by atoms with E-state index in [-0.39, 0.29) is 5.25 Å². The van der Waals surface area contributed by atoms with Gasteiger partial charge >= 0.3 is 0 Å². The van der Waals surface area contributed by atoms with Crippen LogP contribution in [0, 0.1) is 5.92 Å². The van der Waals surface area contributed by atoms with Gasteiger partial charge in [0.15, 0.2) is 0 Å². The summed E-state index contributed by atoms with van der Waals surface area (Å²) in [4.78, 5) is 0. The highest BCUT2D eigenvalue weighted by molar-refractivity contribution is 7.91. The highest BCUT2D eigenvalue weighted by atomic mass is 32.2. The lowest BCUT2D eigenvalue weighted by Crippen LogP contribution is -2.18. The molecule has 0 saturated heterocycles. The molecule has 1 fully saturated rings. The fraction of sp³-hybridized carbons (Fsp3) is 1.00. The standard InChI is InChI=1S/C7H15NO2S/c1-11(9,10)7-3-2-6(4-7)5-8/h6-7H,2-5,8H2,1H3.